The summed E-state index contributed by atoms with van der Waals surface area (Å²) in [4.78, 5) is 0. The van der Waals surface area contributed by atoms with Crippen LogP contribution in [0.2, 0.25) is 0 Å². The lowest BCUT2D eigenvalue weighted by Gasteiger charge is -2.40. The number of ether oxygens (including phenoxy) is 3. The third-order valence-corrected chi connectivity index (χ3v) is 4.06. The van der Waals surface area contributed by atoms with Gasteiger partial charge in [-0.15, -0.1) is 0 Å². The van der Waals surface area contributed by atoms with Gasteiger partial charge >= 0.3 is 0 Å². The molecule has 4 nitrogen and oxygen atoms in total. The maximum absolute atomic E-state index is 6.26. The summed E-state index contributed by atoms with van der Waals surface area (Å²) in [5.74, 6) is 1.83. The van der Waals surface area contributed by atoms with Crippen molar-refractivity contribution in [3.63, 3.8) is 0 Å². The first kappa shape index (κ1) is 16.1. The van der Waals surface area contributed by atoms with Gasteiger partial charge in [0.2, 0.25) is 0 Å². The van der Waals surface area contributed by atoms with Crippen LogP contribution in [-0.4, -0.2) is 33.0 Å². The molecule has 2 unspecified atom stereocenters. The zero-order valence-electron chi connectivity index (χ0n) is 13.6. The Hall–Kier alpha value is -1.26. The molecule has 2 atom stereocenters. The number of hydrogen-bond acceptors (Lipinski definition) is 4. The summed E-state index contributed by atoms with van der Waals surface area (Å²) in [5, 5.41) is 3.63. The van der Waals surface area contributed by atoms with Crippen molar-refractivity contribution in [3.05, 3.63) is 23.8 Å². The van der Waals surface area contributed by atoms with Crippen LogP contribution < -0.4 is 14.8 Å². The number of fused-ring (bicyclic) bond motifs is 1. The third kappa shape index (κ3) is 3.89. The van der Waals surface area contributed by atoms with E-state index >= 15 is 0 Å². The summed E-state index contributed by atoms with van der Waals surface area (Å²) in [6.07, 6.45) is 2.95. The van der Waals surface area contributed by atoms with Gasteiger partial charge in [0.15, 0.2) is 0 Å². The number of rotatable bonds is 7. The Morgan fingerprint density at radius 1 is 1.38 bits per heavy atom. The van der Waals surface area contributed by atoms with Gasteiger partial charge in [-0.25, -0.2) is 0 Å². The van der Waals surface area contributed by atoms with E-state index < -0.39 is 0 Å². The number of methoxy groups -OCH3 is 2. The first-order valence-electron chi connectivity index (χ1n) is 7.71. The summed E-state index contributed by atoms with van der Waals surface area (Å²) in [7, 11) is 3.43. The molecule has 1 aromatic carbocycles. The zero-order valence-corrected chi connectivity index (χ0v) is 13.6. The Morgan fingerprint density at radius 2 is 2.19 bits per heavy atom. The minimum absolute atomic E-state index is 0.191. The number of hydrogen-bond donors (Lipinski definition) is 1. The fourth-order valence-electron chi connectivity index (χ4n) is 2.84. The van der Waals surface area contributed by atoms with Crippen molar-refractivity contribution in [1.29, 1.82) is 0 Å². The lowest BCUT2D eigenvalue weighted by molar-refractivity contribution is 0.0169. The van der Waals surface area contributed by atoms with Crippen molar-refractivity contribution in [2.75, 3.05) is 27.4 Å². The minimum atomic E-state index is -0.191. The van der Waals surface area contributed by atoms with E-state index in [0.717, 1.165) is 37.3 Å². The van der Waals surface area contributed by atoms with Crippen molar-refractivity contribution in [3.8, 4) is 11.5 Å². The second kappa shape index (κ2) is 7.14. The maximum Gasteiger partial charge on any atom is 0.125 e. The lowest BCUT2D eigenvalue weighted by atomic mass is 9.86. The molecule has 1 heterocycles. The van der Waals surface area contributed by atoms with Crippen molar-refractivity contribution in [2.24, 2.45) is 0 Å². The van der Waals surface area contributed by atoms with Gasteiger partial charge < -0.3 is 19.5 Å². The van der Waals surface area contributed by atoms with Gasteiger partial charge in [-0.3, -0.25) is 0 Å². The first-order valence-corrected chi connectivity index (χ1v) is 7.71. The molecule has 0 saturated heterocycles. The monoisotopic (exact) mass is 293 g/mol. The molecule has 1 N–H and O–H groups in total. The predicted octanol–water partition coefficient (Wildman–Crippen LogP) is 3.31. The van der Waals surface area contributed by atoms with E-state index in [1.54, 1.807) is 14.2 Å². The molecule has 0 aromatic heterocycles. The molecule has 118 valence electrons. The Bertz CT molecular complexity index is 463. The topological polar surface area (TPSA) is 39.7 Å². The highest BCUT2D eigenvalue weighted by Gasteiger charge is 2.37. The van der Waals surface area contributed by atoms with Crippen LogP contribution in [0.5, 0.6) is 11.5 Å². The molecule has 1 aliphatic rings. The first-order chi connectivity index (χ1) is 10.1. The van der Waals surface area contributed by atoms with Gasteiger partial charge in [0, 0.05) is 38.2 Å². The van der Waals surface area contributed by atoms with Crippen molar-refractivity contribution in [2.45, 2.75) is 44.8 Å². The summed E-state index contributed by atoms with van der Waals surface area (Å²) in [6.45, 7) is 6.06. The van der Waals surface area contributed by atoms with Gasteiger partial charge in [0.1, 0.15) is 17.1 Å². The largest absolute Gasteiger partial charge is 0.497 e. The Labute approximate surface area is 127 Å². The Kier molecular flexibility index (Phi) is 5.48. The lowest BCUT2D eigenvalue weighted by Crippen LogP contribution is -2.42. The highest BCUT2D eigenvalue weighted by molar-refractivity contribution is 5.44. The van der Waals surface area contributed by atoms with Crippen LogP contribution in [0.3, 0.4) is 0 Å². The molecule has 1 aliphatic heterocycles. The molecule has 0 aliphatic carbocycles. The maximum atomic E-state index is 6.26. The zero-order chi connectivity index (χ0) is 15.3. The average molecular weight is 293 g/mol. The van der Waals surface area contributed by atoms with E-state index in [9.17, 15) is 0 Å². The molecule has 0 spiro atoms. The fraction of sp³-hybridized carbons (Fsp3) is 0.647. The number of benzene rings is 1. The standard InChI is InChI=1S/C17H27NO3/c1-5-9-18-15-12-17(2,8-10-19-3)21-16-7-6-13(20-4)11-14(15)16/h6-7,11,15,18H,5,8-10,12H2,1-4H3. The van der Waals surface area contributed by atoms with E-state index in [0.29, 0.717) is 12.6 Å². The van der Waals surface area contributed by atoms with Crippen LogP contribution in [0.4, 0.5) is 0 Å². The normalized spacial score (nSPS) is 24.3. The smallest absolute Gasteiger partial charge is 0.125 e. The van der Waals surface area contributed by atoms with E-state index in [1.807, 2.05) is 12.1 Å². The van der Waals surface area contributed by atoms with Crippen LogP contribution in [0.15, 0.2) is 18.2 Å². The predicted molar refractivity (Wildman–Crippen MR) is 84.2 cm³/mol. The van der Waals surface area contributed by atoms with Gasteiger partial charge in [0.05, 0.1) is 7.11 Å². The van der Waals surface area contributed by atoms with E-state index in [2.05, 4.69) is 25.2 Å². The van der Waals surface area contributed by atoms with Crippen LogP contribution in [0.1, 0.15) is 44.7 Å². The van der Waals surface area contributed by atoms with E-state index in [4.69, 9.17) is 14.2 Å². The highest BCUT2D eigenvalue weighted by atomic mass is 16.5. The molecule has 0 fully saturated rings. The summed E-state index contributed by atoms with van der Waals surface area (Å²) in [6, 6.07) is 6.35. The average Bonchev–Trinajstić information content (AvgIpc) is 2.50. The van der Waals surface area contributed by atoms with Crippen LogP contribution >= 0.6 is 0 Å². The van der Waals surface area contributed by atoms with Gasteiger partial charge in [-0.1, -0.05) is 6.92 Å². The molecule has 0 amide bonds. The van der Waals surface area contributed by atoms with Gasteiger partial charge in [-0.2, -0.15) is 0 Å². The summed E-state index contributed by atoms with van der Waals surface area (Å²) in [5.41, 5.74) is 1.00. The van der Waals surface area contributed by atoms with Gasteiger partial charge in [-0.05, 0) is 38.1 Å². The quantitative estimate of drug-likeness (QED) is 0.837. The Morgan fingerprint density at radius 3 is 2.86 bits per heavy atom. The molecular formula is C17H27NO3. The van der Waals surface area contributed by atoms with E-state index in [1.165, 1.54) is 5.56 Å². The van der Waals surface area contributed by atoms with Crippen LogP contribution in [0.25, 0.3) is 0 Å². The highest BCUT2D eigenvalue weighted by Crippen LogP contribution is 2.42. The SMILES string of the molecule is CCCNC1CC(C)(CCOC)Oc2ccc(OC)cc21. The minimum Gasteiger partial charge on any atom is -0.497 e. The molecule has 4 heteroatoms. The number of nitrogens with one attached hydrogen (secondary N) is 1. The summed E-state index contributed by atoms with van der Waals surface area (Å²) >= 11 is 0. The second-order valence-electron chi connectivity index (χ2n) is 5.91. The van der Waals surface area contributed by atoms with Crippen molar-refractivity contribution < 1.29 is 14.2 Å². The fourth-order valence-corrected chi connectivity index (χ4v) is 2.84. The molecule has 1 aromatic rings. The van der Waals surface area contributed by atoms with Crippen LogP contribution in [0, 0.1) is 0 Å². The van der Waals surface area contributed by atoms with Crippen molar-refractivity contribution >= 4 is 0 Å². The Balaban J connectivity index is 2.26. The molecule has 0 bridgehead atoms. The van der Waals surface area contributed by atoms with Crippen molar-refractivity contribution in [1.82, 2.24) is 5.32 Å². The molecule has 21 heavy (non-hydrogen) atoms. The molecular weight excluding hydrogens is 266 g/mol. The van der Waals surface area contributed by atoms with Crippen LogP contribution in [-0.2, 0) is 4.74 Å². The molecule has 0 radical (unpaired) electrons. The van der Waals surface area contributed by atoms with Gasteiger partial charge in [0.25, 0.3) is 0 Å². The molecule has 0 saturated carbocycles. The van der Waals surface area contributed by atoms with E-state index in [-0.39, 0.29) is 5.60 Å². The second-order valence-corrected chi connectivity index (χ2v) is 5.91. The molecule has 2 rings (SSSR count). The third-order valence-electron chi connectivity index (χ3n) is 4.06. The summed E-state index contributed by atoms with van der Waals surface area (Å²) < 4.78 is 16.8.